The van der Waals surface area contributed by atoms with Crippen LogP contribution in [0.25, 0.3) is 0 Å². The fourth-order valence-electron chi connectivity index (χ4n) is 3.67. The second-order valence-electron chi connectivity index (χ2n) is 8.58. The average molecular weight is 663 g/mol. The summed E-state index contributed by atoms with van der Waals surface area (Å²) in [5, 5.41) is 0.424. The summed E-state index contributed by atoms with van der Waals surface area (Å²) in [6.07, 6.45) is -0.346. The molecule has 2 aromatic heterocycles. The molecular formula is C28H28ClN4O11P. The van der Waals surface area contributed by atoms with E-state index < -0.39 is 13.6 Å². The zero-order chi connectivity index (χ0) is 32.6. The Labute approximate surface area is 262 Å². The van der Waals surface area contributed by atoms with Gasteiger partial charge < -0.3 is 42.2 Å². The van der Waals surface area contributed by atoms with Crippen LogP contribution < -0.4 is 33.2 Å². The van der Waals surface area contributed by atoms with Gasteiger partial charge in [0.25, 0.3) is 0 Å². The maximum absolute atomic E-state index is 13.9. The summed E-state index contributed by atoms with van der Waals surface area (Å²) in [4.78, 5) is 30.7. The van der Waals surface area contributed by atoms with Crippen molar-refractivity contribution in [3.63, 3.8) is 0 Å². The Morgan fingerprint density at radius 3 is 1.67 bits per heavy atom. The lowest BCUT2D eigenvalue weighted by atomic mass is 10.1. The molecule has 15 nitrogen and oxygen atoms in total. The molecule has 0 radical (unpaired) electrons. The number of hydrogen-bond donors (Lipinski definition) is 0. The predicted molar refractivity (Wildman–Crippen MR) is 159 cm³/mol. The lowest BCUT2D eigenvalue weighted by Crippen LogP contribution is -2.14. The summed E-state index contributed by atoms with van der Waals surface area (Å²) in [7, 11) is 4.28. The molecule has 2 aromatic carbocycles. The van der Waals surface area contributed by atoms with Crippen LogP contribution in [0.1, 0.15) is 15.9 Å². The molecule has 0 N–H and O–H groups in total. The summed E-state index contributed by atoms with van der Waals surface area (Å²) < 4.78 is 62.2. The summed E-state index contributed by atoms with van der Waals surface area (Å²) in [6, 6.07) is 11.2. The standard InChI is InChI=1S/C28H28ClN4O11P/c1-36-20-13-21(37-2)31-27(30-20)43-19-12-7-16(15-45(35,40-5)41-6)25(44-28-32-22(38-3)14-23(33-28)39-4)24(19)26(34)42-18-10-8-17(29)9-11-18/h7-14H,15H2,1-6H3. The maximum atomic E-state index is 13.9. The quantitative estimate of drug-likeness (QED) is 0.0908. The Bertz CT molecular complexity index is 1660. The number of nitrogens with zero attached hydrogens (tertiary/aromatic N) is 4. The van der Waals surface area contributed by atoms with Crippen molar-refractivity contribution in [3.05, 3.63) is 64.7 Å². The van der Waals surface area contributed by atoms with E-state index in [9.17, 15) is 9.36 Å². The molecule has 0 saturated carbocycles. The zero-order valence-electron chi connectivity index (χ0n) is 24.9. The Morgan fingerprint density at radius 2 is 1.20 bits per heavy atom. The van der Waals surface area contributed by atoms with E-state index in [-0.39, 0.29) is 70.1 Å². The maximum Gasteiger partial charge on any atom is 0.351 e. The molecule has 17 heteroatoms. The molecule has 0 aliphatic rings. The van der Waals surface area contributed by atoms with Crippen LogP contribution in [-0.4, -0.2) is 68.6 Å². The SMILES string of the molecule is COc1cc(OC)nc(Oc2ccc(CP(=O)(OC)OC)c(Oc3nc(OC)cc(OC)n3)c2C(=O)Oc2ccc(Cl)cc2)n1. The van der Waals surface area contributed by atoms with Gasteiger partial charge in [-0.05, 0) is 30.3 Å². The average Bonchev–Trinajstić information content (AvgIpc) is 3.06. The van der Waals surface area contributed by atoms with Gasteiger partial charge in [0.05, 0.1) is 46.7 Å². The Morgan fingerprint density at radius 1 is 0.711 bits per heavy atom. The molecule has 238 valence electrons. The van der Waals surface area contributed by atoms with E-state index >= 15 is 0 Å². The van der Waals surface area contributed by atoms with Gasteiger partial charge in [-0.1, -0.05) is 17.7 Å². The minimum atomic E-state index is -3.73. The van der Waals surface area contributed by atoms with Crippen LogP contribution in [0, 0.1) is 0 Å². The number of esters is 1. The molecule has 0 aliphatic heterocycles. The highest BCUT2D eigenvalue weighted by Crippen LogP contribution is 2.52. The van der Waals surface area contributed by atoms with Gasteiger partial charge in [-0.15, -0.1) is 0 Å². The molecule has 0 aliphatic carbocycles. The molecule has 0 bridgehead atoms. The van der Waals surface area contributed by atoms with Crippen LogP contribution in [-0.2, 0) is 19.8 Å². The highest BCUT2D eigenvalue weighted by atomic mass is 35.5. The molecule has 4 aromatic rings. The molecule has 0 spiro atoms. The number of halogens is 1. The zero-order valence-corrected chi connectivity index (χ0v) is 26.6. The van der Waals surface area contributed by atoms with Crippen LogP contribution in [0.4, 0.5) is 0 Å². The van der Waals surface area contributed by atoms with E-state index in [0.717, 1.165) is 0 Å². The molecule has 0 fully saturated rings. The van der Waals surface area contributed by atoms with Crippen molar-refractivity contribution in [3.8, 4) is 52.8 Å². The van der Waals surface area contributed by atoms with Crippen molar-refractivity contribution >= 4 is 25.2 Å². The lowest BCUT2D eigenvalue weighted by Gasteiger charge is -2.20. The number of hydrogen-bond acceptors (Lipinski definition) is 15. The Balaban J connectivity index is 1.95. The van der Waals surface area contributed by atoms with Gasteiger partial charge in [0.1, 0.15) is 17.1 Å². The molecule has 0 atom stereocenters. The molecule has 0 saturated heterocycles. The van der Waals surface area contributed by atoms with Crippen LogP contribution >= 0.6 is 19.2 Å². The minimum absolute atomic E-state index is 0.0902. The second-order valence-corrected chi connectivity index (χ2v) is 11.3. The summed E-state index contributed by atoms with van der Waals surface area (Å²) in [5.74, 6) is -0.752. The lowest BCUT2D eigenvalue weighted by molar-refractivity contribution is 0.0728. The monoisotopic (exact) mass is 662 g/mol. The molecular weight excluding hydrogens is 635 g/mol. The molecule has 0 unspecified atom stereocenters. The van der Waals surface area contributed by atoms with Gasteiger partial charge in [0.15, 0.2) is 5.75 Å². The van der Waals surface area contributed by atoms with Crippen molar-refractivity contribution in [2.75, 3.05) is 42.7 Å². The van der Waals surface area contributed by atoms with Crippen LogP contribution in [0.15, 0.2) is 48.5 Å². The fraction of sp³-hybridized carbons (Fsp3) is 0.250. The number of rotatable bonds is 14. The van der Waals surface area contributed by atoms with Gasteiger partial charge >= 0.3 is 25.6 Å². The largest absolute Gasteiger partial charge is 0.481 e. The number of carbonyl (C=O) groups is 1. The number of methoxy groups -OCH3 is 4. The highest BCUT2D eigenvalue weighted by Gasteiger charge is 2.31. The second kappa shape index (κ2) is 14.9. The van der Waals surface area contributed by atoms with Gasteiger partial charge in [-0.3, -0.25) is 4.57 Å². The van der Waals surface area contributed by atoms with E-state index in [1.807, 2.05) is 0 Å². The van der Waals surface area contributed by atoms with Crippen LogP contribution in [0.5, 0.6) is 52.8 Å². The third-order valence-corrected chi connectivity index (χ3v) is 7.99. The van der Waals surface area contributed by atoms with Gasteiger partial charge in [-0.25, -0.2) is 4.79 Å². The summed E-state index contributed by atoms with van der Waals surface area (Å²) >= 11 is 6.01. The number of ether oxygens (including phenoxy) is 7. The first kappa shape index (κ1) is 33.2. The van der Waals surface area contributed by atoms with Crippen molar-refractivity contribution in [2.45, 2.75) is 6.16 Å². The minimum Gasteiger partial charge on any atom is -0.481 e. The third-order valence-electron chi connectivity index (χ3n) is 5.90. The first-order valence-electron chi connectivity index (χ1n) is 12.8. The van der Waals surface area contributed by atoms with Crippen molar-refractivity contribution in [1.82, 2.24) is 19.9 Å². The smallest absolute Gasteiger partial charge is 0.351 e. The third kappa shape index (κ3) is 8.28. The Hall–Kier alpha value is -4.69. The predicted octanol–water partition coefficient (Wildman–Crippen LogP) is 5.74. The normalized spacial score (nSPS) is 11.0. The highest BCUT2D eigenvalue weighted by molar-refractivity contribution is 7.52. The van der Waals surface area contributed by atoms with E-state index in [2.05, 4.69) is 19.9 Å². The Kier molecular flexibility index (Phi) is 11.0. The van der Waals surface area contributed by atoms with Crippen molar-refractivity contribution < 1.29 is 51.6 Å². The molecule has 2 heterocycles. The van der Waals surface area contributed by atoms with E-state index in [1.54, 1.807) is 0 Å². The van der Waals surface area contributed by atoms with E-state index in [1.165, 1.54) is 91.2 Å². The number of carbonyl (C=O) groups excluding carboxylic acids is 1. The fourth-order valence-corrected chi connectivity index (χ4v) is 4.87. The van der Waals surface area contributed by atoms with Crippen molar-refractivity contribution in [2.24, 2.45) is 0 Å². The van der Waals surface area contributed by atoms with E-state index in [4.69, 9.17) is 53.8 Å². The van der Waals surface area contributed by atoms with E-state index in [0.29, 0.717) is 5.02 Å². The molecule has 45 heavy (non-hydrogen) atoms. The number of benzene rings is 2. The van der Waals surface area contributed by atoms with Gasteiger partial charge in [0, 0.05) is 24.8 Å². The first-order chi connectivity index (χ1) is 21.6. The van der Waals surface area contributed by atoms with Crippen LogP contribution in [0.2, 0.25) is 5.02 Å². The summed E-state index contributed by atoms with van der Waals surface area (Å²) in [5.41, 5.74) is -0.121. The number of aromatic nitrogens is 4. The van der Waals surface area contributed by atoms with Gasteiger partial charge in [-0.2, -0.15) is 19.9 Å². The molecule has 4 rings (SSSR count). The first-order valence-corrected chi connectivity index (χ1v) is 14.9. The van der Waals surface area contributed by atoms with Crippen molar-refractivity contribution in [1.29, 1.82) is 0 Å². The van der Waals surface area contributed by atoms with Gasteiger partial charge in [0.2, 0.25) is 23.5 Å². The summed E-state index contributed by atoms with van der Waals surface area (Å²) in [6.45, 7) is 0. The van der Waals surface area contributed by atoms with Crippen LogP contribution in [0.3, 0.4) is 0 Å². The topological polar surface area (TPSA) is 169 Å². The molecule has 0 amide bonds.